The summed E-state index contributed by atoms with van der Waals surface area (Å²) in [4.78, 5) is 13.2. The number of rotatable bonds is 13. The first-order valence-corrected chi connectivity index (χ1v) is 13.8. The molecule has 3 rings (SSSR count). The van der Waals surface area contributed by atoms with Crippen LogP contribution in [0.2, 0.25) is 0 Å². The number of alkyl halides is 3. The van der Waals surface area contributed by atoms with Crippen LogP contribution in [0.1, 0.15) is 51.5 Å². The number of carbonyl (C=O) groups excluding carboxylic acids is 1. The maximum atomic E-state index is 12.8. The molecule has 10 heteroatoms. The second-order valence-corrected chi connectivity index (χ2v) is 10.4. The number of ether oxygens (including phenoxy) is 1. The fourth-order valence-corrected chi connectivity index (χ4v) is 5.29. The zero-order chi connectivity index (χ0) is 26.0. The topological polar surface area (TPSA) is 64.1 Å². The Kier molecular flexibility index (Phi) is 10.6. The van der Waals surface area contributed by atoms with Crippen LogP contribution >= 0.6 is 23.1 Å². The van der Waals surface area contributed by atoms with Crippen LogP contribution in [0.3, 0.4) is 0 Å². The lowest BCUT2D eigenvalue weighted by atomic mass is 10.0. The number of nitrogens with zero attached hydrogens (tertiary/aromatic N) is 2. The molecule has 36 heavy (non-hydrogen) atoms. The second-order valence-electron chi connectivity index (χ2n) is 8.31. The van der Waals surface area contributed by atoms with Gasteiger partial charge in [-0.1, -0.05) is 62.6 Å². The Labute approximate surface area is 217 Å². The van der Waals surface area contributed by atoms with Gasteiger partial charge in [0.1, 0.15) is 0 Å². The fourth-order valence-electron chi connectivity index (χ4n) is 3.44. The molecule has 1 N–H and O–H groups in total. The van der Waals surface area contributed by atoms with Gasteiger partial charge in [0, 0.05) is 21.9 Å². The molecule has 1 atom stereocenters. The van der Waals surface area contributed by atoms with Crippen molar-refractivity contribution in [3.8, 4) is 10.6 Å². The minimum atomic E-state index is -4.38. The van der Waals surface area contributed by atoms with E-state index in [0.717, 1.165) is 48.3 Å². The summed E-state index contributed by atoms with van der Waals surface area (Å²) in [5.41, 5.74) is 0.675. The van der Waals surface area contributed by atoms with Crippen molar-refractivity contribution >= 4 is 39.9 Å². The first kappa shape index (κ1) is 28.0. The molecule has 0 radical (unpaired) electrons. The van der Waals surface area contributed by atoms with E-state index in [1.807, 2.05) is 24.3 Å². The molecule has 0 spiro atoms. The quantitative estimate of drug-likeness (QED) is 0.175. The second kappa shape index (κ2) is 13.6. The molecule has 0 fully saturated rings. The zero-order valence-electron chi connectivity index (χ0n) is 20.3. The van der Waals surface area contributed by atoms with Crippen molar-refractivity contribution in [1.82, 2.24) is 10.2 Å². The number of thioether (sulfide) groups is 1. The summed E-state index contributed by atoms with van der Waals surface area (Å²) in [6.07, 6.45) is 0.323. The molecule has 0 aliphatic heterocycles. The van der Waals surface area contributed by atoms with Gasteiger partial charge in [-0.25, -0.2) is 0 Å². The lowest BCUT2D eigenvalue weighted by Gasteiger charge is -2.14. The van der Waals surface area contributed by atoms with Gasteiger partial charge < -0.3 is 10.1 Å². The number of carbonyl (C=O) groups is 1. The molecule has 0 bridgehead atoms. The van der Waals surface area contributed by atoms with Gasteiger partial charge in [-0.2, -0.15) is 13.2 Å². The number of anilines is 2. The molecule has 0 aliphatic rings. The molecular formula is C26H30F3N3O2S2. The van der Waals surface area contributed by atoms with E-state index in [9.17, 15) is 18.0 Å². The highest BCUT2D eigenvalue weighted by Crippen LogP contribution is 2.36. The molecule has 0 saturated carbocycles. The van der Waals surface area contributed by atoms with Gasteiger partial charge in [0.25, 0.3) is 0 Å². The molecule has 0 amide bonds. The van der Waals surface area contributed by atoms with Gasteiger partial charge >= 0.3 is 12.1 Å². The minimum Gasteiger partial charge on any atom is -0.465 e. The summed E-state index contributed by atoms with van der Waals surface area (Å²) < 4.78 is 43.8. The third-order valence-corrected chi connectivity index (χ3v) is 7.54. The number of hydrogen-bond donors (Lipinski definition) is 1. The average Bonchev–Trinajstić information content (AvgIpc) is 3.32. The Hall–Kier alpha value is -2.59. The fraction of sp³-hybridized carbons (Fsp3) is 0.423. The van der Waals surface area contributed by atoms with Gasteiger partial charge in [0.05, 0.1) is 18.6 Å². The predicted molar refractivity (Wildman–Crippen MR) is 140 cm³/mol. The van der Waals surface area contributed by atoms with E-state index in [0.29, 0.717) is 40.5 Å². The Morgan fingerprint density at radius 3 is 2.56 bits per heavy atom. The lowest BCUT2D eigenvalue weighted by Crippen LogP contribution is -2.14. The number of nitrogens with one attached hydrogen (secondary N) is 1. The number of unbranched alkanes of at least 4 members (excludes halogenated alkanes) is 1. The molecule has 194 valence electrons. The van der Waals surface area contributed by atoms with Crippen molar-refractivity contribution in [3.05, 3.63) is 54.1 Å². The summed E-state index contributed by atoms with van der Waals surface area (Å²) in [6.45, 7) is 4.77. The SMILES string of the molecule is CCCCC(CC)COC(=O)CCSc1ccccc1-c1nnc(Nc2ccc(C(F)(F)F)cc2)s1. The molecule has 1 unspecified atom stereocenters. The molecule has 2 aromatic carbocycles. The van der Waals surface area contributed by atoms with Crippen LogP contribution in [0.4, 0.5) is 24.0 Å². The maximum absolute atomic E-state index is 12.8. The van der Waals surface area contributed by atoms with E-state index in [1.54, 1.807) is 11.8 Å². The van der Waals surface area contributed by atoms with Gasteiger partial charge in [0.15, 0.2) is 5.01 Å². The first-order valence-electron chi connectivity index (χ1n) is 12.0. The van der Waals surface area contributed by atoms with Gasteiger partial charge in [0.2, 0.25) is 5.13 Å². The zero-order valence-corrected chi connectivity index (χ0v) is 21.9. The normalized spacial score (nSPS) is 12.4. The molecule has 0 aliphatic carbocycles. The third kappa shape index (κ3) is 8.51. The molecule has 0 saturated heterocycles. The largest absolute Gasteiger partial charge is 0.465 e. The number of benzene rings is 2. The molecule has 3 aromatic rings. The average molecular weight is 538 g/mol. The molecule has 1 aromatic heterocycles. The Morgan fingerprint density at radius 2 is 1.86 bits per heavy atom. The molecular weight excluding hydrogens is 507 g/mol. The number of esters is 1. The van der Waals surface area contributed by atoms with E-state index in [1.165, 1.54) is 23.5 Å². The highest BCUT2D eigenvalue weighted by Gasteiger charge is 2.30. The van der Waals surface area contributed by atoms with Gasteiger partial charge in [-0.15, -0.1) is 22.0 Å². The van der Waals surface area contributed by atoms with E-state index < -0.39 is 11.7 Å². The smallest absolute Gasteiger partial charge is 0.416 e. The van der Waals surface area contributed by atoms with E-state index >= 15 is 0 Å². The van der Waals surface area contributed by atoms with E-state index in [4.69, 9.17) is 4.74 Å². The van der Waals surface area contributed by atoms with Crippen molar-refractivity contribution in [2.75, 3.05) is 17.7 Å². The number of aromatic nitrogens is 2. The van der Waals surface area contributed by atoms with Crippen LogP contribution < -0.4 is 5.32 Å². The Bertz CT molecular complexity index is 1100. The van der Waals surface area contributed by atoms with Crippen molar-refractivity contribution in [2.24, 2.45) is 5.92 Å². The van der Waals surface area contributed by atoms with Gasteiger partial charge in [-0.05, 0) is 42.7 Å². The van der Waals surface area contributed by atoms with Crippen LogP contribution in [0.25, 0.3) is 10.6 Å². The van der Waals surface area contributed by atoms with E-state index in [2.05, 4.69) is 29.4 Å². The molecule has 1 heterocycles. The number of hydrogen-bond acceptors (Lipinski definition) is 7. The van der Waals surface area contributed by atoms with Crippen LogP contribution in [-0.2, 0) is 15.7 Å². The lowest BCUT2D eigenvalue weighted by molar-refractivity contribution is -0.144. The van der Waals surface area contributed by atoms with Crippen molar-refractivity contribution in [2.45, 2.75) is 57.0 Å². The van der Waals surface area contributed by atoms with Crippen LogP contribution in [0, 0.1) is 5.92 Å². The Morgan fingerprint density at radius 1 is 1.11 bits per heavy atom. The highest BCUT2D eigenvalue weighted by atomic mass is 32.2. The highest BCUT2D eigenvalue weighted by molar-refractivity contribution is 7.99. The van der Waals surface area contributed by atoms with Gasteiger partial charge in [-0.3, -0.25) is 4.79 Å². The first-order chi connectivity index (χ1) is 17.3. The van der Waals surface area contributed by atoms with E-state index in [-0.39, 0.29) is 5.97 Å². The summed E-state index contributed by atoms with van der Waals surface area (Å²) >= 11 is 2.86. The Balaban J connectivity index is 1.55. The molecule has 5 nitrogen and oxygen atoms in total. The predicted octanol–water partition coefficient (Wildman–Crippen LogP) is 8.21. The van der Waals surface area contributed by atoms with Crippen LogP contribution in [0.5, 0.6) is 0 Å². The standard InChI is InChI=1S/C26H30F3N3O2S2/c1-3-5-8-18(4-2)17-34-23(33)15-16-35-22-10-7-6-9-21(22)24-31-32-25(36-24)30-20-13-11-19(12-14-20)26(27,28)29/h6-7,9-14,18H,3-5,8,15-17H2,1-2H3,(H,30,32). The van der Waals surface area contributed by atoms with Crippen molar-refractivity contribution in [3.63, 3.8) is 0 Å². The summed E-state index contributed by atoms with van der Waals surface area (Å²) in [5.74, 6) is 0.816. The monoisotopic (exact) mass is 537 g/mol. The minimum absolute atomic E-state index is 0.186. The summed E-state index contributed by atoms with van der Waals surface area (Å²) in [6, 6.07) is 12.5. The third-order valence-electron chi connectivity index (χ3n) is 5.59. The maximum Gasteiger partial charge on any atom is 0.416 e. The van der Waals surface area contributed by atoms with Crippen molar-refractivity contribution < 1.29 is 22.7 Å². The van der Waals surface area contributed by atoms with Crippen LogP contribution in [-0.4, -0.2) is 28.5 Å². The van der Waals surface area contributed by atoms with Crippen molar-refractivity contribution in [1.29, 1.82) is 0 Å². The number of halogens is 3. The summed E-state index contributed by atoms with van der Waals surface area (Å²) in [5, 5.41) is 12.5. The van der Waals surface area contributed by atoms with Crippen LogP contribution in [0.15, 0.2) is 53.4 Å². The summed E-state index contributed by atoms with van der Waals surface area (Å²) in [7, 11) is 0.